The molecule has 1 saturated heterocycles. The van der Waals surface area contributed by atoms with Gasteiger partial charge in [0.05, 0.1) is 0 Å². The summed E-state index contributed by atoms with van der Waals surface area (Å²) < 4.78 is 13.5. The molecule has 2 atom stereocenters. The van der Waals surface area contributed by atoms with E-state index in [0.29, 0.717) is 18.5 Å². The number of nitrogens with one attached hydrogen (secondary N) is 1. The van der Waals surface area contributed by atoms with Crippen molar-refractivity contribution in [1.29, 1.82) is 0 Å². The molecule has 1 heterocycles. The number of hydrogen-bond acceptors (Lipinski definition) is 2. The fourth-order valence-corrected chi connectivity index (χ4v) is 2.54. The third kappa shape index (κ3) is 3.27. The summed E-state index contributed by atoms with van der Waals surface area (Å²) in [7, 11) is 2.07. The van der Waals surface area contributed by atoms with Crippen molar-refractivity contribution in [3.8, 4) is 0 Å². The predicted octanol–water partition coefficient (Wildman–Crippen LogP) is 2.26. The average Bonchev–Trinajstić information content (AvgIpc) is 2.68. The van der Waals surface area contributed by atoms with E-state index < -0.39 is 0 Å². The van der Waals surface area contributed by atoms with Gasteiger partial charge in [-0.15, -0.1) is 0 Å². The molecule has 0 aromatic heterocycles. The first-order chi connectivity index (χ1) is 8.16. The van der Waals surface area contributed by atoms with Crippen LogP contribution in [0.25, 0.3) is 0 Å². The first-order valence-corrected chi connectivity index (χ1v) is 6.32. The van der Waals surface area contributed by atoms with Crippen LogP contribution in [0, 0.1) is 11.7 Å². The third-order valence-corrected chi connectivity index (χ3v) is 3.63. The third-order valence-electron chi connectivity index (χ3n) is 3.63. The van der Waals surface area contributed by atoms with Gasteiger partial charge in [-0.25, -0.2) is 4.39 Å². The van der Waals surface area contributed by atoms with Crippen molar-refractivity contribution in [1.82, 2.24) is 10.2 Å². The van der Waals surface area contributed by atoms with Crippen LogP contribution in [0.5, 0.6) is 0 Å². The molecule has 1 aliphatic heterocycles. The first kappa shape index (κ1) is 12.5. The van der Waals surface area contributed by atoms with Gasteiger partial charge in [-0.3, -0.25) is 0 Å². The van der Waals surface area contributed by atoms with E-state index in [-0.39, 0.29) is 5.82 Å². The van der Waals surface area contributed by atoms with E-state index in [2.05, 4.69) is 24.2 Å². The molecule has 1 fully saturated rings. The highest BCUT2D eigenvalue weighted by Crippen LogP contribution is 2.17. The Labute approximate surface area is 103 Å². The zero-order valence-electron chi connectivity index (χ0n) is 10.6. The molecule has 17 heavy (non-hydrogen) atoms. The number of halogens is 1. The van der Waals surface area contributed by atoms with Gasteiger partial charge in [0.2, 0.25) is 0 Å². The minimum atomic E-state index is -0.100. The minimum absolute atomic E-state index is 0.100. The quantitative estimate of drug-likeness (QED) is 0.862. The second kappa shape index (κ2) is 5.61. The summed E-state index contributed by atoms with van der Waals surface area (Å²) in [5.74, 6) is 0.587. The van der Waals surface area contributed by atoms with E-state index >= 15 is 0 Å². The molecule has 1 aromatic carbocycles. The Bertz CT molecular complexity index is 367. The highest BCUT2D eigenvalue weighted by Gasteiger charge is 2.23. The van der Waals surface area contributed by atoms with Gasteiger partial charge in [0.25, 0.3) is 0 Å². The Morgan fingerprint density at radius 1 is 1.41 bits per heavy atom. The molecule has 94 valence electrons. The van der Waals surface area contributed by atoms with E-state index in [1.165, 1.54) is 12.5 Å². The SMILES string of the molecule is CC1NCCC1CN(C)Cc1ccccc1F. The van der Waals surface area contributed by atoms with Crippen LogP contribution < -0.4 is 5.32 Å². The van der Waals surface area contributed by atoms with Crippen LogP contribution >= 0.6 is 0 Å². The van der Waals surface area contributed by atoms with Crippen LogP contribution in [0.3, 0.4) is 0 Å². The molecule has 1 aromatic rings. The summed E-state index contributed by atoms with van der Waals surface area (Å²) >= 11 is 0. The summed E-state index contributed by atoms with van der Waals surface area (Å²) in [5, 5.41) is 3.45. The van der Waals surface area contributed by atoms with Gasteiger partial charge in [-0.2, -0.15) is 0 Å². The molecule has 0 amide bonds. The lowest BCUT2D eigenvalue weighted by molar-refractivity contribution is 0.256. The van der Waals surface area contributed by atoms with Gasteiger partial charge in [0.1, 0.15) is 5.82 Å². The number of rotatable bonds is 4. The highest BCUT2D eigenvalue weighted by atomic mass is 19.1. The molecule has 3 heteroatoms. The minimum Gasteiger partial charge on any atom is -0.314 e. The normalized spacial score (nSPS) is 24.5. The predicted molar refractivity (Wildman–Crippen MR) is 68.3 cm³/mol. The van der Waals surface area contributed by atoms with Crippen LogP contribution in [0.15, 0.2) is 24.3 Å². The van der Waals surface area contributed by atoms with Gasteiger partial charge in [-0.05, 0) is 38.9 Å². The molecule has 2 unspecified atom stereocenters. The van der Waals surface area contributed by atoms with Crippen molar-refractivity contribution in [3.63, 3.8) is 0 Å². The molecule has 0 saturated carbocycles. The zero-order valence-corrected chi connectivity index (χ0v) is 10.6. The number of benzene rings is 1. The molecule has 0 bridgehead atoms. The molecule has 2 rings (SSSR count). The summed E-state index contributed by atoms with van der Waals surface area (Å²) in [6.07, 6.45) is 1.22. The van der Waals surface area contributed by atoms with Crippen LogP contribution in [-0.4, -0.2) is 31.1 Å². The van der Waals surface area contributed by atoms with Gasteiger partial charge < -0.3 is 10.2 Å². The largest absolute Gasteiger partial charge is 0.314 e. The number of nitrogens with zero attached hydrogens (tertiary/aromatic N) is 1. The summed E-state index contributed by atoms with van der Waals surface area (Å²) in [6.45, 7) is 5.06. The fourth-order valence-electron chi connectivity index (χ4n) is 2.54. The Morgan fingerprint density at radius 3 is 2.82 bits per heavy atom. The summed E-state index contributed by atoms with van der Waals surface area (Å²) in [5.41, 5.74) is 0.786. The second-order valence-corrected chi connectivity index (χ2v) is 5.08. The van der Waals surface area contributed by atoms with Gasteiger partial charge in [0.15, 0.2) is 0 Å². The standard InChI is InChI=1S/C14H21FN2/c1-11-12(7-8-16-11)9-17(2)10-13-5-3-4-6-14(13)15/h3-6,11-12,16H,7-10H2,1-2H3. The first-order valence-electron chi connectivity index (χ1n) is 6.32. The van der Waals surface area contributed by atoms with Crippen LogP contribution in [0.1, 0.15) is 18.9 Å². The molecule has 0 aliphatic carbocycles. The Balaban J connectivity index is 1.89. The maximum atomic E-state index is 13.5. The Hall–Kier alpha value is -0.930. The highest BCUT2D eigenvalue weighted by molar-refractivity contribution is 5.17. The molecular formula is C14H21FN2. The monoisotopic (exact) mass is 236 g/mol. The summed E-state index contributed by atoms with van der Waals surface area (Å²) in [4.78, 5) is 2.21. The maximum absolute atomic E-state index is 13.5. The van der Waals surface area contributed by atoms with Crippen LogP contribution in [0.2, 0.25) is 0 Å². The van der Waals surface area contributed by atoms with Gasteiger partial charge in [-0.1, -0.05) is 18.2 Å². The van der Waals surface area contributed by atoms with Crippen molar-refractivity contribution >= 4 is 0 Å². The van der Waals surface area contributed by atoms with Crippen LogP contribution in [0.4, 0.5) is 4.39 Å². The van der Waals surface area contributed by atoms with Crippen LogP contribution in [-0.2, 0) is 6.54 Å². The van der Waals surface area contributed by atoms with Crippen molar-refractivity contribution in [2.75, 3.05) is 20.1 Å². The molecule has 1 N–H and O–H groups in total. The average molecular weight is 236 g/mol. The van der Waals surface area contributed by atoms with E-state index in [1.54, 1.807) is 6.07 Å². The lowest BCUT2D eigenvalue weighted by Crippen LogP contribution is -2.32. The van der Waals surface area contributed by atoms with Crippen molar-refractivity contribution < 1.29 is 4.39 Å². The second-order valence-electron chi connectivity index (χ2n) is 5.08. The van der Waals surface area contributed by atoms with E-state index in [9.17, 15) is 4.39 Å². The fraction of sp³-hybridized carbons (Fsp3) is 0.571. The summed E-state index contributed by atoms with van der Waals surface area (Å²) in [6, 6.07) is 7.61. The molecular weight excluding hydrogens is 215 g/mol. The van der Waals surface area contributed by atoms with Crippen molar-refractivity contribution in [2.45, 2.75) is 25.9 Å². The zero-order chi connectivity index (χ0) is 12.3. The maximum Gasteiger partial charge on any atom is 0.127 e. The Kier molecular flexibility index (Phi) is 4.13. The lowest BCUT2D eigenvalue weighted by atomic mass is 10.0. The topological polar surface area (TPSA) is 15.3 Å². The molecule has 0 spiro atoms. The number of hydrogen-bond donors (Lipinski definition) is 1. The van der Waals surface area contributed by atoms with E-state index in [0.717, 1.165) is 18.7 Å². The van der Waals surface area contributed by atoms with Gasteiger partial charge in [0, 0.05) is 24.7 Å². The van der Waals surface area contributed by atoms with E-state index in [1.807, 2.05) is 12.1 Å². The van der Waals surface area contributed by atoms with Crippen molar-refractivity contribution in [3.05, 3.63) is 35.6 Å². The molecule has 0 radical (unpaired) electrons. The van der Waals surface area contributed by atoms with Crippen molar-refractivity contribution in [2.24, 2.45) is 5.92 Å². The van der Waals surface area contributed by atoms with E-state index in [4.69, 9.17) is 0 Å². The molecule has 1 aliphatic rings. The molecule has 2 nitrogen and oxygen atoms in total. The Morgan fingerprint density at radius 2 is 2.18 bits per heavy atom. The van der Waals surface area contributed by atoms with Gasteiger partial charge >= 0.3 is 0 Å². The lowest BCUT2D eigenvalue weighted by Gasteiger charge is -2.23. The smallest absolute Gasteiger partial charge is 0.127 e.